The van der Waals surface area contributed by atoms with Gasteiger partial charge >= 0.3 is 0 Å². The van der Waals surface area contributed by atoms with Crippen molar-refractivity contribution in [3.05, 3.63) is 58.4 Å². The Labute approximate surface area is 128 Å². The van der Waals surface area contributed by atoms with Crippen LogP contribution in [-0.2, 0) is 15.8 Å². The van der Waals surface area contributed by atoms with Gasteiger partial charge in [0.05, 0.1) is 28.8 Å². The molecule has 0 spiro atoms. The number of rotatable bonds is 4. The molecule has 1 aromatic heterocycles. The first-order chi connectivity index (χ1) is 9.91. The van der Waals surface area contributed by atoms with Crippen molar-refractivity contribution in [1.82, 2.24) is 4.98 Å². The van der Waals surface area contributed by atoms with Crippen LogP contribution in [0.4, 0.5) is 5.69 Å². The van der Waals surface area contributed by atoms with E-state index in [1.54, 1.807) is 37.3 Å². The number of nitriles is 1. The number of halogens is 1. The molecule has 0 aliphatic heterocycles. The lowest BCUT2D eigenvalue weighted by Crippen LogP contribution is -2.16. The summed E-state index contributed by atoms with van der Waals surface area (Å²) < 4.78 is 26.8. The maximum atomic E-state index is 12.2. The molecular formula is C14H12ClN3O2S. The summed E-state index contributed by atoms with van der Waals surface area (Å²) in [5, 5.41) is 9.29. The molecule has 0 unspecified atom stereocenters. The van der Waals surface area contributed by atoms with Crippen molar-refractivity contribution in [3.63, 3.8) is 0 Å². The quantitative estimate of drug-likeness (QED) is 0.878. The van der Waals surface area contributed by atoms with Gasteiger partial charge in [0.2, 0.25) is 10.0 Å². The molecule has 2 rings (SSSR count). The second kappa shape index (κ2) is 6.12. The molecule has 0 aliphatic carbocycles. The highest BCUT2D eigenvalue weighted by atomic mass is 35.5. The maximum absolute atomic E-state index is 12.2. The Morgan fingerprint density at radius 2 is 2.00 bits per heavy atom. The average molecular weight is 322 g/mol. The van der Waals surface area contributed by atoms with Gasteiger partial charge in [0.15, 0.2) is 0 Å². The number of pyridine rings is 1. The summed E-state index contributed by atoms with van der Waals surface area (Å²) in [6.07, 6.45) is 0. The molecule has 5 nitrogen and oxygen atoms in total. The van der Waals surface area contributed by atoms with E-state index in [1.165, 1.54) is 6.07 Å². The van der Waals surface area contributed by atoms with E-state index in [0.717, 1.165) is 0 Å². The van der Waals surface area contributed by atoms with E-state index in [1.807, 2.05) is 6.07 Å². The van der Waals surface area contributed by atoms with Crippen molar-refractivity contribution in [1.29, 1.82) is 5.26 Å². The van der Waals surface area contributed by atoms with Gasteiger partial charge < -0.3 is 0 Å². The van der Waals surface area contributed by atoms with Crippen molar-refractivity contribution in [2.24, 2.45) is 0 Å². The van der Waals surface area contributed by atoms with Gasteiger partial charge in [-0.25, -0.2) is 13.4 Å². The number of hydrogen-bond donors (Lipinski definition) is 1. The fourth-order valence-electron chi connectivity index (χ4n) is 1.80. The molecule has 0 saturated heterocycles. The topological polar surface area (TPSA) is 82.8 Å². The Bertz CT molecular complexity index is 813. The number of nitrogens with one attached hydrogen (secondary N) is 1. The Hall–Kier alpha value is -2.10. The molecule has 108 valence electrons. The van der Waals surface area contributed by atoms with Crippen LogP contribution >= 0.6 is 11.6 Å². The predicted octanol–water partition coefficient (Wildman–Crippen LogP) is 2.86. The van der Waals surface area contributed by atoms with Crippen molar-refractivity contribution in [3.8, 4) is 6.07 Å². The second-order valence-corrected chi connectivity index (χ2v) is 6.51. The van der Waals surface area contributed by atoms with Gasteiger partial charge in [-0.2, -0.15) is 5.26 Å². The van der Waals surface area contributed by atoms with Crippen LogP contribution in [0.2, 0.25) is 5.15 Å². The lowest BCUT2D eigenvalue weighted by atomic mass is 10.1. The molecule has 0 atom stereocenters. The Balaban J connectivity index is 2.25. The molecule has 1 N–H and O–H groups in total. The summed E-state index contributed by atoms with van der Waals surface area (Å²) in [6, 6.07) is 11.6. The highest BCUT2D eigenvalue weighted by molar-refractivity contribution is 7.91. The minimum absolute atomic E-state index is 0.279. The van der Waals surface area contributed by atoms with Gasteiger partial charge in [0, 0.05) is 0 Å². The SMILES string of the molecule is Cc1nc(Cl)ccc1NS(=O)(=O)Cc1ccccc1C#N. The zero-order valence-electron chi connectivity index (χ0n) is 11.2. The zero-order valence-corrected chi connectivity index (χ0v) is 12.7. The number of aromatic nitrogens is 1. The van der Waals surface area contributed by atoms with Crippen molar-refractivity contribution in [2.45, 2.75) is 12.7 Å². The number of sulfonamides is 1. The van der Waals surface area contributed by atoms with Gasteiger partial charge in [0.25, 0.3) is 0 Å². The third-order valence-electron chi connectivity index (χ3n) is 2.80. The smallest absolute Gasteiger partial charge is 0.237 e. The molecule has 0 aliphatic rings. The molecule has 0 fully saturated rings. The summed E-state index contributed by atoms with van der Waals surface area (Å²) in [5.74, 6) is -0.279. The van der Waals surface area contributed by atoms with Crippen LogP contribution in [0.15, 0.2) is 36.4 Å². The zero-order chi connectivity index (χ0) is 15.5. The highest BCUT2D eigenvalue weighted by Crippen LogP contribution is 2.19. The third kappa shape index (κ3) is 3.94. The molecule has 0 radical (unpaired) electrons. The first-order valence-electron chi connectivity index (χ1n) is 6.03. The van der Waals surface area contributed by atoms with E-state index >= 15 is 0 Å². The monoisotopic (exact) mass is 321 g/mol. The standard InChI is InChI=1S/C14H12ClN3O2S/c1-10-13(6-7-14(15)17-10)18-21(19,20)9-12-5-3-2-4-11(12)8-16/h2-7,18H,9H2,1H3. The Morgan fingerprint density at radius 3 is 2.67 bits per heavy atom. The van der Waals surface area contributed by atoms with Crippen molar-refractivity contribution < 1.29 is 8.42 Å². The summed E-state index contributed by atoms with van der Waals surface area (Å²) >= 11 is 5.73. The fraction of sp³-hybridized carbons (Fsp3) is 0.143. The highest BCUT2D eigenvalue weighted by Gasteiger charge is 2.15. The number of anilines is 1. The van der Waals surface area contributed by atoms with E-state index in [0.29, 0.717) is 27.7 Å². The van der Waals surface area contributed by atoms with Crippen molar-refractivity contribution >= 4 is 27.3 Å². The summed E-state index contributed by atoms with van der Waals surface area (Å²) in [4.78, 5) is 3.98. The molecular weight excluding hydrogens is 310 g/mol. The number of aryl methyl sites for hydroxylation is 1. The maximum Gasteiger partial charge on any atom is 0.237 e. The number of nitrogens with zero attached hydrogens (tertiary/aromatic N) is 2. The molecule has 21 heavy (non-hydrogen) atoms. The van der Waals surface area contributed by atoms with Crippen LogP contribution in [0.5, 0.6) is 0 Å². The van der Waals surface area contributed by atoms with Crippen LogP contribution in [-0.4, -0.2) is 13.4 Å². The Kier molecular flexibility index (Phi) is 4.46. The number of benzene rings is 1. The lowest BCUT2D eigenvalue weighted by molar-refractivity contribution is 0.600. The van der Waals surface area contributed by atoms with Gasteiger partial charge in [-0.1, -0.05) is 29.8 Å². The first-order valence-corrected chi connectivity index (χ1v) is 8.06. The van der Waals surface area contributed by atoms with Crippen LogP contribution < -0.4 is 4.72 Å². The van der Waals surface area contributed by atoms with Gasteiger partial charge in [-0.3, -0.25) is 4.72 Å². The van der Waals surface area contributed by atoms with E-state index in [-0.39, 0.29) is 5.75 Å². The molecule has 7 heteroatoms. The van der Waals surface area contributed by atoms with Crippen LogP contribution in [0.25, 0.3) is 0 Å². The molecule has 1 aromatic carbocycles. The molecule has 0 saturated carbocycles. The van der Waals surface area contributed by atoms with Gasteiger partial charge in [-0.15, -0.1) is 0 Å². The Morgan fingerprint density at radius 1 is 1.29 bits per heavy atom. The minimum Gasteiger partial charge on any atom is -0.281 e. The summed E-state index contributed by atoms with van der Waals surface area (Å²) in [7, 11) is -3.64. The van der Waals surface area contributed by atoms with Gasteiger partial charge in [0.1, 0.15) is 5.15 Å². The first kappa shape index (κ1) is 15.3. The minimum atomic E-state index is -3.64. The van der Waals surface area contributed by atoms with E-state index < -0.39 is 10.0 Å². The van der Waals surface area contributed by atoms with Crippen LogP contribution in [0.1, 0.15) is 16.8 Å². The largest absolute Gasteiger partial charge is 0.281 e. The van der Waals surface area contributed by atoms with E-state index in [4.69, 9.17) is 16.9 Å². The fourth-order valence-corrected chi connectivity index (χ4v) is 3.28. The lowest BCUT2D eigenvalue weighted by Gasteiger charge is -2.10. The molecule has 2 aromatic rings. The van der Waals surface area contributed by atoms with E-state index in [2.05, 4.69) is 9.71 Å². The third-order valence-corrected chi connectivity index (χ3v) is 4.23. The summed E-state index contributed by atoms with van der Waals surface area (Å²) in [6.45, 7) is 1.66. The van der Waals surface area contributed by atoms with Crippen molar-refractivity contribution in [2.75, 3.05) is 4.72 Å². The van der Waals surface area contributed by atoms with E-state index in [9.17, 15) is 8.42 Å². The number of hydrogen-bond acceptors (Lipinski definition) is 4. The van der Waals surface area contributed by atoms with Gasteiger partial charge in [-0.05, 0) is 30.7 Å². The second-order valence-electron chi connectivity index (χ2n) is 4.40. The molecule has 0 amide bonds. The van der Waals surface area contributed by atoms with Crippen LogP contribution in [0, 0.1) is 18.3 Å². The molecule has 1 heterocycles. The normalized spacial score (nSPS) is 10.9. The predicted molar refractivity (Wildman–Crippen MR) is 81.4 cm³/mol. The molecule has 0 bridgehead atoms. The average Bonchev–Trinajstić information content (AvgIpc) is 2.42. The van der Waals surface area contributed by atoms with Crippen LogP contribution in [0.3, 0.4) is 0 Å². The summed E-state index contributed by atoms with van der Waals surface area (Å²) in [5.41, 5.74) is 1.65.